The Morgan fingerprint density at radius 1 is 1.06 bits per heavy atom. The average Bonchev–Trinajstić information content (AvgIpc) is 3.23. The molecule has 5 rings (SSSR count). The van der Waals surface area contributed by atoms with Crippen molar-refractivity contribution in [1.29, 1.82) is 0 Å². The lowest BCUT2D eigenvalue weighted by molar-refractivity contribution is -0.133. The van der Waals surface area contributed by atoms with E-state index in [2.05, 4.69) is 28.1 Å². The van der Waals surface area contributed by atoms with Crippen LogP contribution >= 0.6 is 0 Å². The van der Waals surface area contributed by atoms with Crippen molar-refractivity contribution >= 4 is 11.7 Å². The highest BCUT2D eigenvalue weighted by Gasteiger charge is 2.31. The lowest BCUT2D eigenvalue weighted by Crippen LogP contribution is -2.43. The number of ketones is 1. The second kappa shape index (κ2) is 10.4. The molecule has 2 aromatic carbocycles. The van der Waals surface area contributed by atoms with Crippen molar-refractivity contribution in [2.24, 2.45) is 13.0 Å². The van der Waals surface area contributed by atoms with Crippen LogP contribution in [0, 0.1) is 5.92 Å². The first-order chi connectivity index (χ1) is 17.1. The molecule has 2 atom stereocenters. The molecule has 0 unspecified atom stereocenters. The van der Waals surface area contributed by atoms with Crippen molar-refractivity contribution in [1.82, 2.24) is 19.4 Å². The van der Waals surface area contributed by atoms with E-state index >= 15 is 0 Å². The van der Waals surface area contributed by atoms with E-state index in [1.54, 1.807) is 17.0 Å². The van der Waals surface area contributed by atoms with Gasteiger partial charge in [0.2, 0.25) is 11.7 Å². The van der Waals surface area contributed by atoms with Crippen LogP contribution in [0.4, 0.5) is 0 Å². The van der Waals surface area contributed by atoms with Crippen LogP contribution in [0.5, 0.6) is 5.75 Å². The number of likely N-dealkylation sites (tertiary alicyclic amines) is 1. The van der Waals surface area contributed by atoms with Gasteiger partial charge in [-0.2, -0.15) is 0 Å². The summed E-state index contributed by atoms with van der Waals surface area (Å²) in [5.41, 5.74) is 2.27. The molecular weight excluding hydrogens is 440 g/mol. The average molecular weight is 473 g/mol. The Morgan fingerprint density at radius 3 is 2.66 bits per heavy atom. The molecule has 1 saturated heterocycles. The first-order valence-corrected chi connectivity index (χ1v) is 12.4. The number of imidazole rings is 1. The van der Waals surface area contributed by atoms with Gasteiger partial charge in [-0.3, -0.25) is 14.5 Å². The maximum absolute atomic E-state index is 13.2. The number of piperidine rings is 1. The fourth-order valence-corrected chi connectivity index (χ4v) is 5.11. The summed E-state index contributed by atoms with van der Waals surface area (Å²) >= 11 is 0. The Kier molecular flexibility index (Phi) is 6.95. The van der Waals surface area contributed by atoms with Gasteiger partial charge in [-0.1, -0.05) is 48.5 Å². The van der Waals surface area contributed by atoms with Crippen LogP contribution in [0.3, 0.4) is 0 Å². The van der Waals surface area contributed by atoms with E-state index in [9.17, 15) is 9.59 Å². The summed E-state index contributed by atoms with van der Waals surface area (Å²) in [6.07, 6.45) is 5.40. The molecule has 1 amide bonds. The van der Waals surface area contributed by atoms with Gasteiger partial charge in [-0.25, -0.2) is 4.98 Å². The minimum atomic E-state index is -0.185. The zero-order chi connectivity index (χ0) is 24.2. The van der Waals surface area contributed by atoms with E-state index in [-0.39, 0.29) is 23.7 Å². The van der Waals surface area contributed by atoms with Crippen LogP contribution in [-0.4, -0.2) is 57.2 Å². The zero-order valence-electron chi connectivity index (χ0n) is 20.2. The van der Waals surface area contributed by atoms with Crippen molar-refractivity contribution in [2.45, 2.75) is 31.9 Å². The third kappa shape index (κ3) is 5.30. The number of Topliss-reactive ketones (excluding diaryl/α,β-unsaturated/α-hetero) is 1. The normalized spacial score (nSPS) is 20.5. The predicted octanol–water partition coefficient (Wildman–Crippen LogP) is 3.87. The highest BCUT2D eigenvalue weighted by molar-refractivity contribution is 5.95. The number of amides is 1. The van der Waals surface area contributed by atoms with E-state index in [0.29, 0.717) is 38.4 Å². The molecule has 35 heavy (non-hydrogen) atoms. The van der Waals surface area contributed by atoms with Crippen LogP contribution in [0.2, 0.25) is 0 Å². The highest BCUT2D eigenvalue weighted by atomic mass is 16.5. The number of aryl methyl sites for hydroxylation is 1. The largest absolute Gasteiger partial charge is 0.484 e. The Hall–Kier alpha value is -3.45. The number of carbonyl (C=O) groups is 2. The monoisotopic (exact) mass is 472 g/mol. The van der Waals surface area contributed by atoms with Gasteiger partial charge in [0, 0.05) is 70.1 Å². The van der Waals surface area contributed by atoms with Crippen molar-refractivity contribution in [3.8, 4) is 5.75 Å². The number of para-hydroxylation sites is 1. The van der Waals surface area contributed by atoms with E-state index in [0.717, 1.165) is 36.3 Å². The molecule has 2 aliphatic heterocycles. The standard InChI is InChI=1S/C28H32N4O3/c1-30-17-14-29-28(30)27(34)23-11-7-15-32(19-23)26(33)13-16-31-18-22-10-5-6-12-24(22)35-25(20-31)21-8-3-2-4-9-21/h2-6,8-10,12,14,17,23,25H,7,11,13,15-16,18-20H2,1H3/t23-,25+/m1/s1. The number of rotatable bonds is 6. The quantitative estimate of drug-likeness (QED) is 0.510. The molecule has 3 aromatic rings. The molecule has 1 fully saturated rings. The first kappa shape index (κ1) is 23.3. The van der Waals surface area contributed by atoms with Crippen LogP contribution in [0.25, 0.3) is 0 Å². The van der Waals surface area contributed by atoms with Gasteiger partial charge in [-0.05, 0) is 24.5 Å². The van der Waals surface area contributed by atoms with Crippen LogP contribution in [-0.2, 0) is 18.4 Å². The summed E-state index contributed by atoms with van der Waals surface area (Å²) in [7, 11) is 1.83. The molecule has 0 spiro atoms. The molecule has 0 N–H and O–H groups in total. The Morgan fingerprint density at radius 2 is 1.86 bits per heavy atom. The molecule has 2 aliphatic rings. The van der Waals surface area contributed by atoms with Crippen molar-refractivity contribution < 1.29 is 14.3 Å². The molecule has 0 saturated carbocycles. The minimum absolute atomic E-state index is 0.0296. The molecule has 0 aliphatic carbocycles. The molecule has 7 nitrogen and oxygen atoms in total. The number of nitrogens with zero attached hydrogens (tertiary/aromatic N) is 4. The van der Waals surface area contributed by atoms with Gasteiger partial charge >= 0.3 is 0 Å². The SMILES string of the molecule is Cn1ccnc1C(=O)[C@@H]1CCCN(C(=O)CCN2Cc3ccccc3O[C@H](c3ccccc3)C2)C1. The van der Waals surface area contributed by atoms with Gasteiger partial charge in [-0.15, -0.1) is 0 Å². The van der Waals surface area contributed by atoms with Gasteiger partial charge < -0.3 is 14.2 Å². The summed E-state index contributed by atoms with van der Waals surface area (Å²) in [5, 5.41) is 0. The number of fused-ring (bicyclic) bond motifs is 1. The smallest absolute Gasteiger partial charge is 0.223 e. The van der Waals surface area contributed by atoms with Gasteiger partial charge in [0.15, 0.2) is 5.82 Å². The third-order valence-electron chi connectivity index (χ3n) is 7.06. The molecule has 0 radical (unpaired) electrons. The molecule has 0 bridgehead atoms. The lowest BCUT2D eigenvalue weighted by atomic mass is 9.93. The fraction of sp³-hybridized carbons (Fsp3) is 0.393. The number of hydrogen-bond acceptors (Lipinski definition) is 5. The van der Waals surface area contributed by atoms with Gasteiger partial charge in [0.1, 0.15) is 11.9 Å². The topological polar surface area (TPSA) is 67.7 Å². The predicted molar refractivity (Wildman–Crippen MR) is 133 cm³/mol. The van der Waals surface area contributed by atoms with Gasteiger partial charge in [0.05, 0.1) is 0 Å². The number of benzene rings is 2. The summed E-state index contributed by atoms with van der Waals surface area (Å²) in [6, 6.07) is 18.4. The zero-order valence-corrected chi connectivity index (χ0v) is 20.2. The lowest BCUT2D eigenvalue weighted by Gasteiger charge is -2.32. The second-order valence-corrected chi connectivity index (χ2v) is 9.51. The Bertz CT molecular complexity index is 1180. The summed E-state index contributed by atoms with van der Waals surface area (Å²) < 4.78 is 8.15. The number of carbonyl (C=O) groups excluding carboxylic acids is 2. The van der Waals surface area contributed by atoms with E-state index in [1.807, 2.05) is 48.3 Å². The Balaban J connectivity index is 1.23. The van der Waals surface area contributed by atoms with E-state index in [4.69, 9.17) is 4.74 Å². The van der Waals surface area contributed by atoms with Crippen molar-refractivity contribution in [3.63, 3.8) is 0 Å². The summed E-state index contributed by atoms with van der Waals surface area (Å²) in [4.78, 5) is 34.5. The molecule has 7 heteroatoms. The molecule has 1 aromatic heterocycles. The molecular formula is C28H32N4O3. The van der Waals surface area contributed by atoms with Crippen molar-refractivity contribution in [3.05, 3.63) is 83.9 Å². The van der Waals surface area contributed by atoms with Crippen LogP contribution < -0.4 is 4.74 Å². The maximum Gasteiger partial charge on any atom is 0.223 e. The maximum atomic E-state index is 13.2. The van der Waals surface area contributed by atoms with Crippen LogP contribution in [0.15, 0.2) is 67.0 Å². The minimum Gasteiger partial charge on any atom is -0.484 e. The van der Waals surface area contributed by atoms with E-state index < -0.39 is 0 Å². The van der Waals surface area contributed by atoms with E-state index in [1.165, 1.54) is 0 Å². The fourth-order valence-electron chi connectivity index (χ4n) is 5.11. The molecule has 3 heterocycles. The number of ether oxygens (including phenoxy) is 1. The second-order valence-electron chi connectivity index (χ2n) is 9.51. The third-order valence-corrected chi connectivity index (χ3v) is 7.06. The van der Waals surface area contributed by atoms with Crippen LogP contribution in [0.1, 0.15) is 47.1 Å². The Labute approximate surface area is 206 Å². The summed E-state index contributed by atoms with van der Waals surface area (Å²) in [6.45, 7) is 3.29. The van der Waals surface area contributed by atoms with Crippen molar-refractivity contribution in [2.75, 3.05) is 26.2 Å². The number of hydrogen-bond donors (Lipinski definition) is 0. The highest BCUT2D eigenvalue weighted by Crippen LogP contribution is 2.31. The van der Waals surface area contributed by atoms with Gasteiger partial charge in [0.25, 0.3) is 0 Å². The molecule has 182 valence electrons. The number of aromatic nitrogens is 2. The summed E-state index contributed by atoms with van der Waals surface area (Å²) in [5.74, 6) is 1.33. The first-order valence-electron chi connectivity index (χ1n) is 12.4.